The molecular weight excluding hydrogens is 918 g/mol. The number of fused-ring (bicyclic) bond motifs is 9. The Morgan fingerprint density at radius 3 is 1.68 bits per heavy atom. The number of rotatable bonds is 4. The first-order valence-electron chi connectivity index (χ1n) is 28.2. The van der Waals surface area contributed by atoms with Crippen LogP contribution in [-0.4, -0.2) is 6.71 Å². The number of benzene rings is 8. The minimum absolute atomic E-state index is 0.00757. The van der Waals surface area contributed by atoms with Gasteiger partial charge >= 0.3 is 0 Å². The van der Waals surface area contributed by atoms with E-state index in [2.05, 4.69) is 283 Å². The van der Waals surface area contributed by atoms with Gasteiger partial charge in [-0.05, 0) is 176 Å². The van der Waals surface area contributed by atoms with Crippen LogP contribution in [0.5, 0.6) is 0 Å². The molecule has 0 fully saturated rings. The lowest BCUT2D eigenvalue weighted by atomic mass is 9.33. The summed E-state index contributed by atoms with van der Waals surface area (Å²) in [6.45, 7) is 37.9. The van der Waals surface area contributed by atoms with Crippen molar-refractivity contribution in [1.82, 2.24) is 0 Å². The summed E-state index contributed by atoms with van der Waals surface area (Å²) in [7, 11) is 0. The zero-order valence-electron chi connectivity index (χ0n) is 48.3. The molecule has 0 saturated carbocycles. The molecule has 76 heavy (non-hydrogen) atoms. The fraction of sp³-hybridized carbons (Fsp3) is 0.333. The van der Waals surface area contributed by atoms with Gasteiger partial charge < -0.3 is 14.7 Å². The molecule has 0 bridgehead atoms. The topological polar surface area (TPSA) is 9.72 Å². The standard InChI is InChI=1S/C72H78BN3/c1-45-38-46(2)66-57(39-45)71(15)37-36-48-24-20-21-25-56(48)72(71,16)76(66)54-32-33-58-62(44-54)74(53-30-26-49(27-31-53)67(3,4)5)63-42-52(70(12,13)14)43-64-65(63)73(58)59-41-51(69(9,10)11)29-35-61(59)75(64)60-34-28-50(68(6,7)8)40-55(60)47-22-18-17-19-23-47/h17-35,38-44H,36-37H2,1-16H3. The summed E-state index contributed by atoms with van der Waals surface area (Å²) in [5.74, 6) is 0. The average molecular weight is 996 g/mol. The molecule has 3 aliphatic heterocycles. The second-order valence-electron chi connectivity index (χ2n) is 27.6. The third-order valence-electron chi connectivity index (χ3n) is 18.4. The van der Waals surface area contributed by atoms with Crippen LogP contribution in [0.15, 0.2) is 158 Å². The summed E-state index contributed by atoms with van der Waals surface area (Å²) < 4.78 is 0. The van der Waals surface area contributed by atoms with Gasteiger partial charge in [0.25, 0.3) is 6.71 Å². The first kappa shape index (κ1) is 50.1. The van der Waals surface area contributed by atoms with E-state index >= 15 is 0 Å². The van der Waals surface area contributed by atoms with Gasteiger partial charge in [-0.3, -0.25) is 0 Å². The van der Waals surface area contributed by atoms with E-state index in [0.717, 1.165) is 12.8 Å². The fourth-order valence-corrected chi connectivity index (χ4v) is 13.9. The molecule has 3 heterocycles. The molecule has 0 aromatic heterocycles. The van der Waals surface area contributed by atoms with E-state index in [4.69, 9.17) is 0 Å². The van der Waals surface area contributed by atoms with Crippen LogP contribution in [0, 0.1) is 13.8 Å². The van der Waals surface area contributed by atoms with E-state index in [1.807, 2.05) is 0 Å². The molecule has 0 N–H and O–H groups in total. The summed E-state index contributed by atoms with van der Waals surface area (Å²) >= 11 is 0. The Hall–Kier alpha value is -6.78. The molecule has 0 amide bonds. The predicted molar refractivity (Wildman–Crippen MR) is 328 cm³/mol. The number of hydrogen-bond acceptors (Lipinski definition) is 3. The van der Waals surface area contributed by atoms with Crippen molar-refractivity contribution in [1.29, 1.82) is 0 Å². The van der Waals surface area contributed by atoms with Gasteiger partial charge in [-0.1, -0.05) is 199 Å². The lowest BCUT2D eigenvalue weighted by molar-refractivity contribution is 0.245. The van der Waals surface area contributed by atoms with E-state index in [1.54, 1.807) is 0 Å². The Bertz CT molecular complexity index is 3650. The molecule has 4 aliphatic rings. The zero-order valence-corrected chi connectivity index (χ0v) is 48.3. The molecule has 1 aliphatic carbocycles. The van der Waals surface area contributed by atoms with Crippen LogP contribution in [-0.2, 0) is 39.0 Å². The third kappa shape index (κ3) is 7.50. The maximum absolute atomic E-state index is 2.78. The molecule has 0 radical (unpaired) electrons. The molecule has 2 atom stereocenters. The van der Waals surface area contributed by atoms with E-state index in [-0.39, 0.29) is 39.3 Å². The van der Waals surface area contributed by atoms with Gasteiger partial charge in [0.05, 0.1) is 11.2 Å². The predicted octanol–water partition coefficient (Wildman–Crippen LogP) is 17.5. The third-order valence-corrected chi connectivity index (χ3v) is 18.4. The summed E-state index contributed by atoms with van der Waals surface area (Å²) in [6.07, 6.45) is 2.16. The highest BCUT2D eigenvalue weighted by molar-refractivity contribution is 7.00. The van der Waals surface area contributed by atoms with Crippen LogP contribution >= 0.6 is 0 Å². The van der Waals surface area contributed by atoms with Crippen molar-refractivity contribution in [2.45, 2.75) is 156 Å². The molecule has 2 unspecified atom stereocenters. The first-order chi connectivity index (χ1) is 35.8. The zero-order chi connectivity index (χ0) is 53.8. The van der Waals surface area contributed by atoms with Gasteiger partial charge in [-0.25, -0.2) is 0 Å². The molecule has 0 spiro atoms. The SMILES string of the molecule is Cc1cc(C)c2c(c1)C1(C)CCc3ccccc3C1(C)N2c1ccc2c(c1)N(c1ccc(C(C)(C)C)cc1)c1cc(C(C)(C)C)cc3c1B2c1cc(C(C)(C)C)ccc1N3c1ccc(C(C)(C)C)cc1-c1ccccc1. The molecular formula is C72H78BN3. The highest BCUT2D eigenvalue weighted by atomic mass is 15.3. The van der Waals surface area contributed by atoms with Crippen molar-refractivity contribution < 1.29 is 0 Å². The largest absolute Gasteiger partial charge is 0.330 e. The van der Waals surface area contributed by atoms with E-state index in [9.17, 15) is 0 Å². The summed E-state index contributed by atoms with van der Waals surface area (Å²) in [5.41, 5.74) is 28.1. The Morgan fingerprint density at radius 1 is 0.447 bits per heavy atom. The number of anilines is 8. The van der Waals surface area contributed by atoms with Crippen LogP contribution < -0.4 is 31.1 Å². The normalized spacial score (nSPS) is 18.7. The highest BCUT2D eigenvalue weighted by Crippen LogP contribution is 2.65. The molecule has 4 heteroatoms. The molecule has 3 nitrogen and oxygen atoms in total. The number of aryl methyl sites for hydroxylation is 3. The van der Waals surface area contributed by atoms with Crippen molar-refractivity contribution in [3.8, 4) is 11.1 Å². The smallest absolute Gasteiger partial charge is 0.252 e. The van der Waals surface area contributed by atoms with Crippen LogP contribution in [0.25, 0.3) is 11.1 Å². The van der Waals surface area contributed by atoms with Gasteiger partial charge in [0.1, 0.15) is 0 Å². The molecule has 0 saturated heterocycles. The van der Waals surface area contributed by atoms with Crippen molar-refractivity contribution in [2.24, 2.45) is 0 Å². The lowest BCUT2D eigenvalue weighted by Crippen LogP contribution is -2.61. The van der Waals surface area contributed by atoms with E-state index < -0.39 is 0 Å². The van der Waals surface area contributed by atoms with E-state index in [1.165, 1.54) is 123 Å². The quantitative estimate of drug-likeness (QED) is 0.163. The number of hydrogen-bond donors (Lipinski definition) is 0. The monoisotopic (exact) mass is 996 g/mol. The van der Waals surface area contributed by atoms with Gasteiger partial charge in [-0.15, -0.1) is 0 Å². The Kier molecular flexibility index (Phi) is 11.1. The van der Waals surface area contributed by atoms with Gasteiger partial charge in [0, 0.05) is 50.8 Å². The second kappa shape index (κ2) is 16.9. The average Bonchev–Trinajstić information content (AvgIpc) is 3.81. The Morgan fingerprint density at radius 2 is 1.03 bits per heavy atom. The second-order valence-corrected chi connectivity index (χ2v) is 27.6. The summed E-state index contributed by atoms with van der Waals surface area (Å²) in [4.78, 5) is 8.08. The molecule has 8 aromatic rings. The van der Waals surface area contributed by atoms with Gasteiger partial charge in [0.15, 0.2) is 0 Å². The van der Waals surface area contributed by atoms with Crippen molar-refractivity contribution in [2.75, 3.05) is 14.7 Å². The minimum Gasteiger partial charge on any atom is -0.330 e. The molecule has 12 rings (SSSR count). The van der Waals surface area contributed by atoms with Crippen LogP contribution in [0.1, 0.15) is 153 Å². The van der Waals surface area contributed by atoms with E-state index in [0.29, 0.717) is 0 Å². The number of nitrogens with zero attached hydrogens (tertiary/aromatic N) is 3. The van der Waals surface area contributed by atoms with Crippen molar-refractivity contribution >= 4 is 68.6 Å². The van der Waals surface area contributed by atoms with Crippen LogP contribution in [0.3, 0.4) is 0 Å². The summed E-state index contributed by atoms with van der Waals surface area (Å²) in [5, 5.41) is 0. The minimum atomic E-state index is -0.339. The molecule has 8 aromatic carbocycles. The summed E-state index contributed by atoms with van der Waals surface area (Å²) in [6, 6.07) is 62.3. The van der Waals surface area contributed by atoms with Crippen LogP contribution in [0.4, 0.5) is 45.5 Å². The fourth-order valence-electron chi connectivity index (χ4n) is 13.9. The lowest BCUT2D eigenvalue weighted by Gasteiger charge is -2.51. The van der Waals surface area contributed by atoms with Crippen molar-refractivity contribution in [3.63, 3.8) is 0 Å². The van der Waals surface area contributed by atoms with Gasteiger partial charge in [0.2, 0.25) is 0 Å². The maximum atomic E-state index is 2.78. The molecule has 384 valence electrons. The Labute approximate surface area is 456 Å². The first-order valence-corrected chi connectivity index (χ1v) is 28.2. The Balaban J connectivity index is 1.19. The van der Waals surface area contributed by atoms with Crippen LogP contribution in [0.2, 0.25) is 0 Å². The maximum Gasteiger partial charge on any atom is 0.252 e. The van der Waals surface area contributed by atoms with Crippen molar-refractivity contribution in [3.05, 3.63) is 208 Å². The highest BCUT2D eigenvalue weighted by Gasteiger charge is 2.60. The van der Waals surface area contributed by atoms with Gasteiger partial charge in [-0.2, -0.15) is 0 Å².